The summed E-state index contributed by atoms with van der Waals surface area (Å²) in [6, 6.07) is 7.14. The van der Waals surface area contributed by atoms with Crippen LogP contribution in [-0.2, 0) is 5.41 Å². The molecule has 0 spiro atoms. The fraction of sp³-hybridized carbons (Fsp3) is 0.625. The van der Waals surface area contributed by atoms with Crippen molar-refractivity contribution in [2.45, 2.75) is 37.6 Å². The van der Waals surface area contributed by atoms with Crippen LogP contribution in [0.25, 0.3) is 0 Å². The average molecular weight is 261 g/mol. The van der Waals surface area contributed by atoms with Crippen LogP contribution in [0.1, 0.15) is 31.7 Å². The van der Waals surface area contributed by atoms with Crippen molar-refractivity contribution < 1.29 is 9.47 Å². The van der Waals surface area contributed by atoms with E-state index in [-0.39, 0.29) is 0 Å². The molecule has 0 aliphatic heterocycles. The summed E-state index contributed by atoms with van der Waals surface area (Å²) < 4.78 is 10.7. The average Bonchev–Trinajstić information content (AvgIpc) is 3.33. The highest BCUT2D eigenvalue weighted by molar-refractivity contribution is 5.47. The Morgan fingerprint density at radius 1 is 1.21 bits per heavy atom. The number of hydrogen-bond donors (Lipinski definition) is 1. The standard InChI is InChI=1S/C16H23NO2/c1-11-9-16(11,10-17-13-5-6-13)12-4-7-14(18-2)15(8-12)19-3/h4,7-8,11,13,17H,5-6,9-10H2,1-3H3. The Hall–Kier alpha value is -1.22. The van der Waals surface area contributed by atoms with Crippen LogP contribution in [0.15, 0.2) is 18.2 Å². The second-order valence-electron chi connectivity index (χ2n) is 5.99. The predicted octanol–water partition coefficient (Wildman–Crippen LogP) is 2.73. The van der Waals surface area contributed by atoms with E-state index in [4.69, 9.17) is 9.47 Å². The number of ether oxygens (including phenoxy) is 2. The van der Waals surface area contributed by atoms with Crippen molar-refractivity contribution in [3.8, 4) is 11.5 Å². The molecule has 0 bridgehead atoms. The summed E-state index contributed by atoms with van der Waals surface area (Å²) in [6.07, 6.45) is 3.95. The molecule has 0 amide bonds. The van der Waals surface area contributed by atoms with Gasteiger partial charge >= 0.3 is 0 Å². The van der Waals surface area contributed by atoms with Crippen LogP contribution in [0.2, 0.25) is 0 Å². The van der Waals surface area contributed by atoms with E-state index in [9.17, 15) is 0 Å². The summed E-state index contributed by atoms with van der Waals surface area (Å²) in [5.41, 5.74) is 1.69. The first-order valence-corrected chi connectivity index (χ1v) is 7.15. The van der Waals surface area contributed by atoms with Gasteiger partial charge in [0.15, 0.2) is 11.5 Å². The van der Waals surface area contributed by atoms with Gasteiger partial charge in [-0.2, -0.15) is 0 Å². The fourth-order valence-electron chi connectivity index (χ4n) is 3.00. The van der Waals surface area contributed by atoms with Crippen LogP contribution >= 0.6 is 0 Å². The lowest BCUT2D eigenvalue weighted by atomic mass is 9.93. The van der Waals surface area contributed by atoms with Crippen molar-refractivity contribution in [2.24, 2.45) is 5.92 Å². The summed E-state index contributed by atoms with van der Waals surface area (Å²) in [7, 11) is 3.38. The lowest BCUT2D eigenvalue weighted by molar-refractivity contribution is 0.353. The van der Waals surface area contributed by atoms with Crippen molar-refractivity contribution in [1.29, 1.82) is 0 Å². The SMILES string of the molecule is COc1ccc(C2(CNC3CC3)CC2C)cc1OC. The molecule has 19 heavy (non-hydrogen) atoms. The lowest BCUT2D eigenvalue weighted by Gasteiger charge is -2.20. The molecule has 2 aliphatic rings. The highest BCUT2D eigenvalue weighted by Gasteiger charge is 2.52. The van der Waals surface area contributed by atoms with Crippen molar-refractivity contribution in [3.63, 3.8) is 0 Å². The van der Waals surface area contributed by atoms with Crippen LogP contribution in [0.3, 0.4) is 0 Å². The molecule has 3 rings (SSSR count). The number of rotatable bonds is 6. The van der Waals surface area contributed by atoms with E-state index in [0.29, 0.717) is 5.41 Å². The van der Waals surface area contributed by atoms with Crippen LogP contribution in [0.4, 0.5) is 0 Å². The maximum absolute atomic E-state index is 5.43. The van der Waals surface area contributed by atoms with Gasteiger partial charge in [0, 0.05) is 18.0 Å². The van der Waals surface area contributed by atoms with Crippen LogP contribution in [0, 0.1) is 5.92 Å². The summed E-state index contributed by atoms with van der Waals surface area (Å²) in [4.78, 5) is 0. The second kappa shape index (κ2) is 4.71. The minimum atomic E-state index is 0.308. The first-order valence-electron chi connectivity index (χ1n) is 7.15. The lowest BCUT2D eigenvalue weighted by Crippen LogP contribution is -2.29. The van der Waals surface area contributed by atoms with E-state index >= 15 is 0 Å². The van der Waals surface area contributed by atoms with Gasteiger partial charge in [-0.3, -0.25) is 0 Å². The molecule has 104 valence electrons. The Morgan fingerprint density at radius 3 is 2.42 bits per heavy atom. The van der Waals surface area contributed by atoms with Gasteiger partial charge in [0.05, 0.1) is 14.2 Å². The Balaban J connectivity index is 1.82. The molecule has 2 saturated carbocycles. The molecular formula is C16H23NO2. The van der Waals surface area contributed by atoms with E-state index in [1.807, 2.05) is 6.07 Å². The monoisotopic (exact) mass is 261 g/mol. The van der Waals surface area contributed by atoms with Gasteiger partial charge in [0.1, 0.15) is 0 Å². The van der Waals surface area contributed by atoms with Gasteiger partial charge < -0.3 is 14.8 Å². The maximum atomic E-state index is 5.43. The van der Waals surface area contributed by atoms with Crippen molar-refractivity contribution in [1.82, 2.24) is 5.32 Å². The number of methoxy groups -OCH3 is 2. The molecule has 2 aliphatic carbocycles. The van der Waals surface area contributed by atoms with Crippen LogP contribution in [-0.4, -0.2) is 26.8 Å². The Labute approximate surface area is 115 Å². The molecule has 2 unspecified atom stereocenters. The van der Waals surface area contributed by atoms with Gasteiger partial charge in [-0.25, -0.2) is 0 Å². The molecule has 1 N–H and O–H groups in total. The highest BCUT2D eigenvalue weighted by Crippen LogP contribution is 2.54. The van der Waals surface area contributed by atoms with Crippen LogP contribution in [0.5, 0.6) is 11.5 Å². The molecule has 3 heteroatoms. The number of hydrogen-bond acceptors (Lipinski definition) is 3. The maximum Gasteiger partial charge on any atom is 0.161 e. The summed E-state index contributed by atoms with van der Waals surface area (Å²) in [5, 5.41) is 3.68. The first kappa shape index (κ1) is 12.8. The number of benzene rings is 1. The third kappa shape index (κ3) is 2.32. The largest absolute Gasteiger partial charge is 0.493 e. The topological polar surface area (TPSA) is 30.5 Å². The van der Waals surface area contributed by atoms with E-state index in [1.54, 1.807) is 14.2 Å². The normalized spacial score (nSPS) is 29.1. The first-order chi connectivity index (χ1) is 9.19. The molecule has 1 aromatic carbocycles. The molecule has 1 aromatic rings. The van der Waals surface area contributed by atoms with E-state index in [0.717, 1.165) is 30.0 Å². The van der Waals surface area contributed by atoms with Gasteiger partial charge in [0.25, 0.3) is 0 Å². The Kier molecular flexibility index (Phi) is 3.17. The van der Waals surface area contributed by atoms with Crippen LogP contribution < -0.4 is 14.8 Å². The zero-order valence-corrected chi connectivity index (χ0v) is 12.0. The summed E-state index contributed by atoms with van der Waals surface area (Å²) in [5.74, 6) is 2.40. The second-order valence-corrected chi connectivity index (χ2v) is 5.99. The number of nitrogens with one attached hydrogen (secondary N) is 1. The smallest absolute Gasteiger partial charge is 0.161 e. The Bertz CT molecular complexity index is 470. The van der Waals surface area contributed by atoms with E-state index in [1.165, 1.54) is 24.8 Å². The molecule has 0 radical (unpaired) electrons. The van der Waals surface area contributed by atoms with Crippen molar-refractivity contribution in [2.75, 3.05) is 20.8 Å². The molecule has 2 atom stereocenters. The third-order valence-electron chi connectivity index (χ3n) is 4.70. The van der Waals surface area contributed by atoms with Crippen molar-refractivity contribution in [3.05, 3.63) is 23.8 Å². The Morgan fingerprint density at radius 2 is 1.89 bits per heavy atom. The van der Waals surface area contributed by atoms with E-state index in [2.05, 4.69) is 24.4 Å². The molecule has 0 saturated heterocycles. The molecule has 0 aromatic heterocycles. The quantitative estimate of drug-likeness (QED) is 0.854. The zero-order valence-electron chi connectivity index (χ0n) is 12.0. The minimum absolute atomic E-state index is 0.308. The summed E-state index contributed by atoms with van der Waals surface area (Å²) in [6.45, 7) is 3.43. The zero-order chi connectivity index (χ0) is 13.5. The molecule has 0 heterocycles. The molecule has 2 fully saturated rings. The van der Waals surface area contributed by atoms with Gasteiger partial charge in [0.2, 0.25) is 0 Å². The van der Waals surface area contributed by atoms with E-state index < -0.39 is 0 Å². The van der Waals surface area contributed by atoms with Gasteiger partial charge in [-0.1, -0.05) is 13.0 Å². The summed E-state index contributed by atoms with van der Waals surface area (Å²) >= 11 is 0. The van der Waals surface area contributed by atoms with Gasteiger partial charge in [-0.15, -0.1) is 0 Å². The third-order valence-corrected chi connectivity index (χ3v) is 4.70. The molecular weight excluding hydrogens is 238 g/mol. The fourth-order valence-corrected chi connectivity index (χ4v) is 3.00. The van der Waals surface area contributed by atoms with Gasteiger partial charge in [-0.05, 0) is 42.9 Å². The van der Waals surface area contributed by atoms with Crippen molar-refractivity contribution >= 4 is 0 Å². The minimum Gasteiger partial charge on any atom is -0.493 e. The highest BCUT2D eigenvalue weighted by atomic mass is 16.5. The predicted molar refractivity (Wildman–Crippen MR) is 76.0 cm³/mol. The molecule has 3 nitrogen and oxygen atoms in total.